The monoisotopic (exact) mass is 1050 g/mol. The molecule has 2 aliphatic heterocycles. The molecule has 0 bridgehead atoms. The van der Waals surface area contributed by atoms with Gasteiger partial charge in [0.1, 0.15) is 22.8 Å². The first-order valence-electron chi connectivity index (χ1n) is 25.2. The van der Waals surface area contributed by atoms with Crippen LogP contribution < -0.4 is 33.1 Å². The number of nitrogens with zero attached hydrogens (tertiary/aromatic N) is 10. The number of aryl methyl sites for hydroxylation is 3. The van der Waals surface area contributed by atoms with Crippen LogP contribution >= 0.6 is 11.3 Å². The van der Waals surface area contributed by atoms with Crippen LogP contribution in [0.3, 0.4) is 0 Å². The Morgan fingerprint density at radius 3 is 1.64 bits per heavy atom. The van der Waals surface area contributed by atoms with Crippen LogP contribution in [0.5, 0.6) is 0 Å². The maximum absolute atomic E-state index is 13.7. The van der Waals surface area contributed by atoms with Gasteiger partial charge >= 0.3 is 11.4 Å². The SMILES string of the molecule is C=C1Cc2c(n(CCCc3cccs3)c(=O)n(CCCCc3noc(-c4ccccn4)n3)c2=O)C(=O)N1.C=C1Cc2c(n(Cc3cccc4ccccc34)c(=O)n(CCCCc3noc(-c4ccccn4)n3)c2=O)C(=O)N1. The molecule has 390 valence electrons. The van der Waals surface area contributed by atoms with Crippen molar-refractivity contribution in [1.29, 1.82) is 0 Å². The molecule has 0 saturated carbocycles. The van der Waals surface area contributed by atoms with Gasteiger partial charge in [-0.3, -0.25) is 47.4 Å². The molecule has 0 saturated heterocycles. The fourth-order valence-electron chi connectivity index (χ4n) is 9.52. The predicted molar refractivity (Wildman–Crippen MR) is 287 cm³/mol. The zero-order valence-corrected chi connectivity index (χ0v) is 42.7. The molecule has 0 aliphatic carbocycles. The van der Waals surface area contributed by atoms with Crippen molar-refractivity contribution in [2.75, 3.05) is 0 Å². The molecule has 20 nitrogen and oxygen atoms in total. The molecule has 0 atom stereocenters. The van der Waals surface area contributed by atoms with Gasteiger partial charge in [0, 0.05) is 74.0 Å². The van der Waals surface area contributed by atoms with Gasteiger partial charge in [0.05, 0.1) is 17.7 Å². The van der Waals surface area contributed by atoms with E-state index in [1.165, 1.54) is 23.1 Å². The van der Waals surface area contributed by atoms with Gasteiger partial charge in [0.25, 0.3) is 34.7 Å². The number of pyridine rings is 2. The molecule has 7 aromatic heterocycles. The van der Waals surface area contributed by atoms with Gasteiger partial charge in [0.2, 0.25) is 0 Å². The van der Waals surface area contributed by atoms with E-state index in [-0.39, 0.29) is 49.4 Å². The minimum Gasteiger partial charge on any atom is -0.332 e. The van der Waals surface area contributed by atoms with Crippen LogP contribution in [-0.2, 0) is 58.3 Å². The van der Waals surface area contributed by atoms with Gasteiger partial charge in [-0.15, -0.1) is 11.3 Å². The normalized spacial score (nSPS) is 12.9. The number of unbranched alkanes of at least 4 members (excludes halogenated alkanes) is 2. The molecule has 0 fully saturated rings. The first-order chi connectivity index (χ1) is 37.5. The number of carbonyl (C=O) groups is 2. The Morgan fingerprint density at radius 2 is 1.08 bits per heavy atom. The quantitative estimate of drug-likeness (QED) is 0.0877. The zero-order chi connectivity index (χ0) is 53.4. The summed E-state index contributed by atoms with van der Waals surface area (Å²) in [6.45, 7) is 8.60. The third kappa shape index (κ3) is 11.4. The second-order valence-electron chi connectivity index (χ2n) is 18.5. The maximum atomic E-state index is 13.7. The fraction of sp³-hybridized carbons (Fsp3) is 0.250. The van der Waals surface area contributed by atoms with Gasteiger partial charge in [-0.2, -0.15) is 9.97 Å². The average molecular weight is 1050 g/mol. The molecule has 77 heavy (non-hydrogen) atoms. The van der Waals surface area contributed by atoms with Crippen molar-refractivity contribution in [3.63, 3.8) is 0 Å². The molecular formula is C56H52N12O8S. The third-order valence-electron chi connectivity index (χ3n) is 13.2. The van der Waals surface area contributed by atoms with Gasteiger partial charge in [-0.1, -0.05) is 84.1 Å². The fourth-order valence-corrected chi connectivity index (χ4v) is 10.3. The number of allylic oxidation sites excluding steroid dienone is 2. The van der Waals surface area contributed by atoms with Crippen molar-refractivity contribution >= 4 is 33.9 Å². The van der Waals surface area contributed by atoms with Crippen molar-refractivity contribution < 1.29 is 18.6 Å². The molecule has 2 aliphatic rings. The van der Waals surface area contributed by atoms with E-state index in [0.29, 0.717) is 103 Å². The molecule has 9 aromatic rings. The van der Waals surface area contributed by atoms with Gasteiger partial charge in [-0.25, -0.2) is 9.59 Å². The van der Waals surface area contributed by atoms with Gasteiger partial charge in [0.15, 0.2) is 11.6 Å². The number of aromatic nitrogens is 10. The molecule has 11 rings (SSSR count). The number of carbonyl (C=O) groups excluding carboxylic acids is 2. The highest BCUT2D eigenvalue weighted by Gasteiger charge is 2.30. The Bertz CT molecular complexity index is 3910. The maximum Gasteiger partial charge on any atom is 0.331 e. The lowest BCUT2D eigenvalue weighted by molar-refractivity contribution is 0.0937. The van der Waals surface area contributed by atoms with Crippen molar-refractivity contribution in [3.05, 3.63) is 220 Å². The molecule has 9 heterocycles. The van der Waals surface area contributed by atoms with Gasteiger partial charge < -0.3 is 19.7 Å². The summed E-state index contributed by atoms with van der Waals surface area (Å²) in [6.07, 6.45) is 8.57. The summed E-state index contributed by atoms with van der Waals surface area (Å²) in [6, 6.07) is 28.6. The van der Waals surface area contributed by atoms with Crippen LogP contribution in [0, 0.1) is 0 Å². The number of amides is 2. The highest BCUT2D eigenvalue weighted by Crippen LogP contribution is 2.23. The van der Waals surface area contributed by atoms with Gasteiger partial charge in [-0.05, 0) is 90.6 Å². The Hall–Kier alpha value is -9.24. The summed E-state index contributed by atoms with van der Waals surface area (Å²) in [4.78, 5) is 97.9. The van der Waals surface area contributed by atoms with Crippen molar-refractivity contribution in [1.82, 2.24) is 59.2 Å². The smallest absolute Gasteiger partial charge is 0.331 e. The predicted octanol–water partition coefficient (Wildman–Crippen LogP) is 6.45. The number of fused-ring (bicyclic) bond motifs is 3. The highest BCUT2D eigenvalue weighted by atomic mass is 32.1. The number of hydrogen-bond acceptors (Lipinski definition) is 15. The average Bonchev–Trinajstić information content (AvgIpc) is 4.29. The Morgan fingerprint density at radius 1 is 0.545 bits per heavy atom. The molecule has 2 amide bonds. The lowest BCUT2D eigenvalue weighted by Gasteiger charge is -2.24. The molecule has 0 spiro atoms. The summed E-state index contributed by atoms with van der Waals surface area (Å²) in [7, 11) is 0. The standard InChI is InChI=1S/C30H26N6O4.C26H26N6O4S/c1-19-17-23-26(27(37)32-19)36(18-21-11-8-10-20-9-2-3-12-22(20)21)30(39)35(29(23)38)16-7-5-14-25-33-28(40-34-25)24-13-4-6-15-31-24;1-17-16-19-22(23(33)28-17)31(14-6-8-18-9-7-15-37-18)26(35)32(25(19)34)13-5-3-11-21-29-24(36-30-21)20-10-2-4-12-27-20/h2-4,6,8-13,15H,1,5,7,14,16-18H2,(H,32,37);2,4,7,9-10,12,15H,1,3,5-6,8,11,13-14,16H2,(H,28,33). The summed E-state index contributed by atoms with van der Waals surface area (Å²) >= 11 is 1.66. The van der Waals surface area contributed by atoms with E-state index in [1.807, 2.05) is 84.2 Å². The van der Waals surface area contributed by atoms with E-state index in [1.54, 1.807) is 35.9 Å². The number of hydrogen-bond donors (Lipinski definition) is 2. The molecule has 0 radical (unpaired) electrons. The molecule has 0 unspecified atom stereocenters. The van der Waals surface area contributed by atoms with E-state index in [2.05, 4.69) is 54.0 Å². The largest absolute Gasteiger partial charge is 0.332 e. The Labute approximate surface area is 443 Å². The lowest BCUT2D eigenvalue weighted by atomic mass is 10.0. The Balaban J connectivity index is 0.000000175. The summed E-state index contributed by atoms with van der Waals surface area (Å²) < 4.78 is 15.9. The van der Waals surface area contributed by atoms with Crippen LogP contribution in [0.1, 0.15) is 86.3 Å². The minimum atomic E-state index is -0.517. The van der Waals surface area contributed by atoms with Crippen LogP contribution in [0.2, 0.25) is 0 Å². The highest BCUT2D eigenvalue weighted by molar-refractivity contribution is 7.09. The number of nitrogens with one attached hydrogen (secondary N) is 2. The van der Waals surface area contributed by atoms with Crippen molar-refractivity contribution in [3.8, 4) is 23.2 Å². The first kappa shape index (κ1) is 51.3. The van der Waals surface area contributed by atoms with Crippen molar-refractivity contribution in [2.45, 2.75) is 90.4 Å². The van der Waals surface area contributed by atoms with Crippen LogP contribution in [0.15, 0.2) is 162 Å². The second kappa shape index (κ2) is 23.1. The molecular weight excluding hydrogens is 1000 g/mol. The van der Waals surface area contributed by atoms with E-state index in [9.17, 15) is 28.8 Å². The summed E-state index contributed by atoms with van der Waals surface area (Å²) in [5.74, 6) is 0.817. The lowest BCUT2D eigenvalue weighted by Crippen LogP contribution is -2.48. The van der Waals surface area contributed by atoms with E-state index in [4.69, 9.17) is 9.05 Å². The van der Waals surface area contributed by atoms with Crippen LogP contribution in [-0.4, -0.2) is 60.3 Å². The first-order valence-corrected chi connectivity index (χ1v) is 26.1. The molecule has 21 heteroatoms. The van der Waals surface area contributed by atoms with Crippen molar-refractivity contribution in [2.24, 2.45) is 0 Å². The summed E-state index contributed by atoms with van der Waals surface area (Å²) in [5.41, 5.74) is 1.95. The number of rotatable bonds is 18. The second-order valence-corrected chi connectivity index (χ2v) is 19.6. The molecule has 2 N–H and O–H groups in total. The van der Waals surface area contributed by atoms with Crippen LogP contribution in [0.25, 0.3) is 33.9 Å². The number of benzene rings is 2. The van der Waals surface area contributed by atoms with Crippen LogP contribution in [0.4, 0.5) is 0 Å². The Kier molecular flexibility index (Phi) is 15.4. The van der Waals surface area contributed by atoms with E-state index in [0.717, 1.165) is 22.8 Å². The zero-order valence-electron chi connectivity index (χ0n) is 41.9. The number of thiophene rings is 1. The third-order valence-corrected chi connectivity index (χ3v) is 14.1. The summed E-state index contributed by atoms with van der Waals surface area (Å²) in [5, 5.41) is 17.4. The minimum absolute atomic E-state index is 0.0976. The topological polar surface area (TPSA) is 250 Å². The molecule has 2 aromatic carbocycles. The van der Waals surface area contributed by atoms with E-state index < -0.39 is 34.3 Å². The van der Waals surface area contributed by atoms with E-state index >= 15 is 0 Å².